The quantitative estimate of drug-likeness (QED) is 0.842. The number of nitrogens with zero attached hydrogens (tertiary/aromatic N) is 1. The van der Waals surface area contributed by atoms with Gasteiger partial charge in [0.25, 0.3) is 5.91 Å². The molecule has 0 atom stereocenters. The summed E-state index contributed by atoms with van der Waals surface area (Å²) in [6, 6.07) is 9.67. The van der Waals surface area contributed by atoms with Gasteiger partial charge in [0.2, 0.25) is 0 Å². The van der Waals surface area contributed by atoms with E-state index in [9.17, 15) is 9.59 Å². The van der Waals surface area contributed by atoms with Crippen molar-refractivity contribution < 1.29 is 14.7 Å². The lowest BCUT2D eigenvalue weighted by Crippen LogP contribution is -2.23. The Morgan fingerprint density at radius 3 is 2.70 bits per heavy atom. The maximum Gasteiger partial charge on any atom is 0.335 e. The SMILES string of the molecule is O=C(O)c1cccc(CNC(=O)c2ccnc(Br)c2)c1. The molecular weight excluding hydrogens is 324 g/mol. The van der Waals surface area contributed by atoms with Crippen LogP contribution in [-0.2, 0) is 6.54 Å². The summed E-state index contributed by atoms with van der Waals surface area (Å²) >= 11 is 3.20. The number of nitrogens with one attached hydrogen (secondary N) is 1. The van der Waals surface area contributed by atoms with Crippen molar-refractivity contribution in [1.82, 2.24) is 10.3 Å². The molecule has 6 heteroatoms. The van der Waals surface area contributed by atoms with Gasteiger partial charge in [0.1, 0.15) is 4.60 Å². The first-order valence-corrected chi connectivity index (χ1v) is 6.57. The fourth-order valence-electron chi connectivity index (χ4n) is 1.64. The first-order chi connectivity index (χ1) is 9.56. The van der Waals surface area contributed by atoms with E-state index in [0.717, 1.165) is 5.56 Å². The molecule has 0 radical (unpaired) electrons. The molecule has 5 nitrogen and oxygen atoms in total. The van der Waals surface area contributed by atoms with Gasteiger partial charge in [-0.2, -0.15) is 0 Å². The summed E-state index contributed by atoms with van der Waals surface area (Å²) in [5, 5.41) is 11.6. The van der Waals surface area contributed by atoms with E-state index in [-0.39, 0.29) is 18.0 Å². The molecule has 0 aliphatic carbocycles. The molecule has 0 aliphatic rings. The lowest BCUT2D eigenvalue weighted by atomic mass is 10.1. The van der Waals surface area contributed by atoms with Crippen LogP contribution in [0.15, 0.2) is 47.2 Å². The van der Waals surface area contributed by atoms with E-state index in [1.54, 1.807) is 24.3 Å². The maximum absolute atomic E-state index is 11.9. The highest BCUT2D eigenvalue weighted by Crippen LogP contribution is 2.09. The number of aromatic carboxylic acids is 1. The van der Waals surface area contributed by atoms with Crippen LogP contribution in [0, 0.1) is 0 Å². The Labute approximate surface area is 123 Å². The predicted octanol–water partition coefficient (Wildman–Crippen LogP) is 2.47. The highest BCUT2D eigenvalue weighted by atomic mass is 79.9. The minimum atomic E-state index is -0.990. The smallest absolute Gasteiger partial charge is 0.335 e. The summed E-state index contributed by atoms with van der Waals surface area (Å²) in [7, 11) is 0. The molecule has 0 unspecified atom stereocenters. The normalized spacial score (nSPS) is 10.1. The van der Waals surface area contributed by atoms with Crippen molar-refractivity contribution >= 4 is 27.8 Å². The Hall–Kier alpha value is -2.21. The van der Waals surface area contributed by atoms with Crippen molar-refractivity contribution in [3.05, 3.63) is 63.9 Å². The Kier molecular flexibility index (Phi) is 4.47. The average Bonchev–Trinajstić information content (AvgIpc) is 2.45. The molecule has 0 fully saturated rings. The number of aromatic nitrogens is 1. The number of hydrogen-bond donors (Lipinski definition) is 2. The lowest BCUT2D eigenvalue weighted by Gasteiger charge is -2.06. The van der Waals surface area contributed by atoms with Gasteiger partial charge < -0.3 is 10.4 Å². The van der Waals surface area contributed by atoms with Crippen molar-refractivity contribution in [2.24, 2.45) is 0 Å². The van der Waals surface area contributed by atoms with E-state index in [4.69, 9.17) is 5.11 Å². The van der Waals surface area contributed by atoms with E-state index in [1.165, 1.54) is 18.3 Å². The zero-order valence-electron chi connectivity index (χ0n) is 10.3. The van der Waals surface area contributed by atoms with Crippen molar-refractivity contribution in [3.8, 4) is 0 Å². The van der Waals surface area contributed by atoms with Crippen LogP contribution in [0.3, 0.4) is 0 Å². The minimum Gasteiger partial charge on any atom is -0.478 e. The molecule has 1 aromatic heterocycles. The fraction of sp³-hybridized carbons (Fsp3) is 0.0714. The van der Waals surface area contributed by atoms with Gasteiger partial charge in [-0.25, -0.2) is 9.78 Å². The number of carbonyl (C=O) groups is 2. The third kappa shape index (κ3) is 3.64. The summed E-state index contributed by atoms with van der Waals surface area (Å²) in [5.74, 6) is -1.23. The molecule has 1 aromatic carbocycles. The lowest BCUT2D eigenvalue weighted by molar-refractivity contribution is 0.0696. The van der Waals surface area contributed by atoms with E-state index in [1.807, 2.05) is 0 Å². The van der Waals surface area contributed by atoms with Gasteiger partial charge in [0, 0.05) is 18.3 Å². The highest BCUT2D eigenvalue weighted by Gasteiger charge is 2.07. The van der Waals surface area contributed by atoms with Crippen LogP contribution in [0.5, 0.6) is 0 Å². The fourth-order valence-corrected chi connectivity index (χ4v) is 2.01. The van der Waals surface area contributed by atoms with Crippen molar-refractivity contribution in [2.75, 3.05) is 0 Å². The zero-order valence-corrected chi connectivity index (χ0v) is 11.9. The molecular formula is C14H11BrN2O3. The van der Waals surface area contributed by atoms with Crippen LogP contribution in [0.25, 0.3) is 0 Å². The standard InChI is InChI=1S/C14H11BrN2O3/c15-12-7-10(4-5-16-12)13(18)17-8-9-2-1-3-11(6-9)14(19)20/h1-7H,8H2,(H,17,18)(H,19,20). The molecule has 0 saturated carbocycles. The second-order valence-corrected chi connectivity index (χ2v) is 4.87. The first-order valence-electron chi connectivity index (χ1n) is 5.78. The van der Waals surface area contributed by atoms with E-state index >= 15 is 0 Å². The first kappa shape index (κ1) is 14.2. The molecule has 2 N–H and O–H groups in total. The van der Waals surface area contributed by atoms with E-state index in [2.05, 4.69) is 26.2 Å². The average molecular weight is 335 g/mol. The topological polar surface area (TPSA) is 79.3 Å². The van der Waals surface area contributed by atoms with Crippen LogP contribution >= 0.6 is 15.9 Å². The summed E-state index contributed by atoms with van der Waals surface area (Å²) in [5.41, 5.74) is 1.41. The number of benzene rings is 1. The third-order valence-corrected chi connectivity index (χ3v) is 3.05. The number of halogens is 1. The van der Waals surface area contributed by atoms with Gasteiger partial charge in [-0.15, -0.1) is 0 Å². The number of rotatable bonds is 4. The van der Waals surface area contributed by atoms with Crippen LogP contribution in [-0.4, -0.2) is 22.0 Å². The molecule has 0 aliphatic heterocycles. The van der Waals surface area contributed by atoms with Gasteiger partial charge in [-0.1, -0.05) is 12.1 Å². The molecule has 0 spiro atoms. The summed E-state index contributed by atoms with van der Waals surface area (Å²) in [6.45, 7) is 0.264. The van der Waals surface area contributed by atoms with Crippen molar-refractivity contribution in [2.45, 2.75) is 6.54 Å². The summed E-state index contributed by atoms with van der Waals surface area (Å²) in [6.07, 6.45) is 1.53. The minimum absolute atomic E-state index is 0.198. The number of pyridine rings is 1. The summed E-state index contributed by atoms with van der Waals surface area (Å²) < 4.78 is 0.582. The van der Waals surface area contributed by atoms with Crippen LogP contribution < -0.4 is 5.32 Å². The van der Waals surface area contributed by atoms with Crippen LogP contribution in [0.1, 0.15) is 26.3 Å². The third-order valence-electron chi connectivity index (χ3n) is 2.62. The van der Waals surface area contributed by atoms with E-state index in [0.29, 0.717) is 10.2 Å². The van der Waals surface area contributed by atoms with Crippen molar-refractivity contribution in [3.63, 3.8) is 0 Å². The Balaban J connectivity index is 2.03. The van der Waals surface area contributed by atoms with Crippen LogP contribution in [0.4, 0.5) is 0 Å². The van der Waals surface area contributed by atoms with Gasteiger partial charge in [0.05, 0.1) is 5.56 Å². The number of hydrogen-bond acceptors (Lipinski definition) is 3. The van der Waals surface area contributed by atoms with Gasteiger partial charge in [0.15, 0.2) is 0 Å². The zero-order chi connectivity index (χ0) is 14.5. The number of carboxylic acid groups (broad SMARTS) is 1. The summed E-state index contributed by atoms with van der Waals surface area (Å²) in [4.78, 5) is 26.7. The second kappa shape index (κ2) is 6.29. The number of carboxylic acids is 1. The molecule has 1 heterocycles. The second-order valence-electron chi connectivity index (χ2n) is 4.06. The Bertz CT molecular complexity index is 658. The number of carbonyl (C=O) groups excluding carboxylic acids is 1. The van der Waals surface area contributed by atoms with Gasteiger partial charge >= 0.3 is 5.97 Å². The van der Waals surface area contributed by atoms with Gasteiger partial charge in [-0.05, 0) is 45.8 Å². The molecule has 20 heavy (non-hydrogen) atoms. The number of amides is 1. The highest BCUT2D eigenvalue weighted by molar-refractivity contribution is 9.10. The van der Waals surface area contributed by atoms with E-state index < -0.39 is 5.97 Å². The van der Waals surface area contributed by atoms with Gasteiger partial charge in [-0.3, -0.25) is 4.79 Å². The molecule has 1 amide bonds. The Morgan fingerprint density at radius 1 is 1.20 bits per heavy atom. The molecule has 102 valence electrons. The molecule has 0 saturated heterocycles. The van der Waals surface area contributed by atoms with Crippen LogP contribution in [0.2, 0.25) is 0 Å². The molecule has 2 rings (SSSR count). The van der Waals surface area contributed by atoms with Crippen molar-refractivity contribution in [1.29, 1.82) is 0 Å². The Morgan fingerprint density at radius 2 is 2.00 bits per heavy atom. The monoisotopic (exact) mass is 334 g/mol. The maximum atomic E-state index is 11.9. The molecule has 0 bridgehead atoms. The molecule has 2 aromatic rings. The largest absolute Gasteiger partial charge is 0.478 e. The predicted molar refractivity (Wildman–Crippen MR) is 76.5 cm³/mol.